The molecule has 1 heterocycles. The molecule has 2 nitrogen and oxygen atoms in total. The fourth-order valence-electron chi connectivity index (χ4n) is 1.94. The van der Waals surface area contributed by atoms with Crippen molar-refractivity contribution in [2.24, 2.45) is 0 Å². The summed E-state index contributed by atoms with van der Waals surface area (Å²) in [6.07, 6.45) is 3.63. The van der Waals surface area contributed by atoms with Crippen LogP contribution >= 0.6 is 27.3 Å². The van der Waals surface area contributed by atoms with Crippen molar-refractivity contribution in [1.29, 1.82) is 0 Å². The van der Waals surface area contributed by atoms with Gasteiger partial charge in [0.25, 0.3) is 0 Å². The molecular weight excluding hydrogens is 327 g/mol. The summed E-state index contributed by atoms with van der Waals surface area (Å²) < 4.78 is 14.9. The number of thiazole rings is 1. The van der Waals surface area contributed by atoms with Gasteiger partial charge in [0.1, 0.15) is 5.82 Å². The fraction of sp³-hybridized carbons (Fsp3) is 0.357. The Balaban J connectivity index is 2.23. The number of halogens is 2. The Morgan fingerprint density at radius 2 is 2.32 bits per heavy atom. The Bertz CT molecular complexity index is 516. The van der Waals surface area contributed by atoms with Crippen LogP contribution in [0.4, 0.5) is 4.39 Å². The summed E-state index contributed by atoms with van der Waals surface area (Å²) in [4.78, 5) is 5.24. The molecule has 1 atom stereocenters. The number of hydrogen-bond acceptors (Lipinski definition) is 3. The molecule has 5 heteroatoms. The minimum Gasteiger partial charge on any atom is -0.310 e. The van der Waals surface area contributed by atoms with Gasteiger partial charge in [-0.25, -0.2) is 4.39 Å². The van der Waals surface area contributed by atoms with Crippen molar-refractivity contribution >= 4 is 27.3 Å². The molecule has 0 bridgehead atoms. The van der Waals surface area contributed by atoms with Crippen molar-refractivity contribution in [2.75, 3.05) is 6.54 Å². The fourth-order valence-corrected chi connectivity index (χ4v) is 2.96. The summed E-state index contributed by atoms with van der Waals surface area (Å²) in [6.45, 7) is 2.98. The van der Waals surface area contributed by atoms with Crippen molar-refractivity contribution in [3.05, 3.63) is 50.6 Å². The smallest absolute Gasteiger partial charge is 0.128 e. The first-order valence-electron chi connectivity index (χ1n) is 6.26. The van der Waals surface area contributed by atoms with E-state index in [4.69, 9.17) is 0 Å². The van der Waals surface area contributed by atoms with Crippen LogP contribution in [-0.2, 0) is 6.42 Å². The largest absolute Gasteiger partial charge is 0.310 e. The SMILES string of the molecule is CCCNC(Cc1cncs1)c1cc(Br)ccc1F. The monoisotopic (exact) mass is 342 g/mol. The summed E-state index contributed by atoms with van der Waals surface area (Å²) in [5.41, 5.74) is 2.51. The highest BCUT2D eigenvalue weighted by Crippen LogP contribution is 2.25. The second-order valence-corrected chi connectivity index (χ2v) is 6.23. The Morgan fingerprint density at radius 1 is 1.47 bits per heavy atom. The van der Waals surface area contributed by atoms with Crippen LogP contribution in [-0.4, -0.2) is 11.5 Å². The van der Waals surface area contributed by atoms with Gasteiger partial charge in [-0.05, 0) is 31.2 Å². The highest BCUT2D eigenvalue weighted by atomic mass is 79.9. The van der Waals surface area contributed by atoms with E-state index in [-0.39, 0.29) is 11.9 Å². The molecule has 0 saturated carbocycles. The van der Waals surface area contributed by atoms with Gasteiger partial charge in [0.05, 0.1) is 5.51 Å². The lowest BCUT2D eigenvalue weighted by atomic mass is 10.0. The predicted octanol–water partition coefficient (Wildman–Crippen LogP) is 4.33. The lowest BCUT2D eigenvalue weighted by Crippen LogP contribution is -2.24. The summed E-state index contributed by atoms with van der Waals surface area (Å²) in [5, 5.41) is 3.41. The second-order valence-electron chi connectivity index (χ2n) is 4.34. The van der Waals surface area contributed by atoms with Crippen LogP contribution in [0.1, 0.15) is 29.8 Å². The summed E-state index contributed by atoms with van der Waals surface area (Å²) in [5.74, 6) is -0.165. The zero-order valence-corrected chi connectivity index (χ0v) is 13.1. The van der Waals surface area contributed by atoms with Gasteiger partial charge >= 0.3 is 0 Å². The third kappa shape index (κ3) is 4.09. The Labute approximate surface area is 125 Å². The number of nitrogens with one attached hydrogen (secondary N) is 1. The Kier molecular flexibility index (Phi) is 5.48. The molecule has 0 aliphatic carbocycles. The van der Waals surface area contributed by atoms with Crippen molar-refractivity contribution in [3.8, 4) is 0 Å². The van der Waals surface area contributed by atoms with Crippen LogP contribution < -0.4 is 5.32 Å². The van der Waals surface area contributed by atoms with Gasteiger partial charge < -0.3 is 5.32 Å². The third-order valence-corrected chi connectivity index (χ3v) is 4.16. The number of benzene rings is 1. The molecule has 0 fully saturated rings. The highest BCUT2D eigenvalue weighted by molar-refractivity contribution is 9.10. The van der Waals surface area contributed by atoms with E-state index < -0.39 is 0 Å². The molecule has 0 spiro atoms. The molecule has 102 valence electrons. The average molecular weight is 343 g/mol. The standard InChI is InChI=1S/C14H16BrFN2S/c1-2-5-18-14(7-11-8-17-9-19-11)12-6-10(15)3-4-13(12)16/h3-4,6,8-9,14,18H,2,5,7H2,1H3. The quantitative estimate of drug-likeness (QED) is 0.845. The molecule has 0 radical (unpaired) electrons. The molecule has 0 amide bonds. The van der Waals surface area contributed by atoms with Gasteiger partial charge in [-0.15, -0.1) is 11.3 Å². The van der Waals surface area contributed by atoms with E-state index in [0.717, 1.165) is 28.7 Å². The van der Waals surface area contributed by atoms with Crippen LogP contribution in [0.25, 0.3) is 0 Å². The van der Waals surface area contributed by atoms with Gasteiger partial charge in [0, 0.05) is 33.6 Å². The van der Waals surface area contributed by atoms with E-state index in [1.54, 1.807) is 17.4 Å². The number of rotatable bonds is 6. The molecule has 1 aromatic heterocycles. The minimum absolute atomic E-state index is 0.0158. The van der Waals surface area contributed by atoms with Crippen molar-refractivity contribution < 1.29 is 4.39 Å². The number of hydrogen-bond donors (Lipinski definition) is 1. The zero-order chi connectivity index (χ0) is 13.7. The topological polar surface area (TPSA) is 24.9 Å². The molecule has 1 N–H and O–H groups in total. The lowest BCUT2D eigenvalue weighted by Gasteiger charge is -2.19. The first kappa shape index (κ1) is 14.6. The van der Waals surface area contributed by atoms with Crippen molar-refractivity contribution in [3.63, 3.8) is 0 Å². The second kappa shape index (κ2) is 7.12. The predicted molar refractivity (Wildman–Crippen MR) is 81.0 cm³/mol. The van der Waals surface area contributed by atoms with Crippen LogP contribution in [0.15, 0.2) is 34.4 Å². The first-order valence-corrected chi connectivity index (χ1v) is 7.93. The number of nitrogens with zero attached hydrogens (tertiary/aromatic N) is 1. The molecule has 1 aromatic carbocycles. The normalized spacial score (nSPS) is 12.6. The van der Waals surface area contributed by atoms with E-state index in [1.807, 2.05) is 17.8 Å². The van der Waals surface area contributed by atoms with Crippen LogP contribution in [0, 0.1) is 5.82 Å². The van der Waals surface area contributed by atoms with E-state index >= 15 is 0 Å². The van der Waals surface area contributed by atoms with Gasteiger partial charge in [0.15, 0.2) is 0 Å². The number of aromatic nitrogens is 1. The van der Waals surface area contributed by atoms with Crippen LogP contribution in [0.2, 0.25) is 0 Å². The Morgan fingerprint density at radius 3 is 3.00 bits per heavy atom. The van der Waals surface area contributed by atoms with Crippen LogP contribution in [0.5, 0.6) is 0 Å². The maximum absolute atomic E-state index is 14.0. The van der Waals surface area contributed by atoms with Crippen molar-refractivity contribution in [2.45, 2.75) is 25.8 Å². The first-order chi connectivity index (χ1) is 9.20. The molecule has 0 saturated heterocycles. The molecule has 0 aliphatic rings. The van der Waals surface area contributed by atoms with E-state index in [0.29, 0.717) is 5.56 Å². The maximum atomic E-state index is 14.0. The lowest BCUT2D eigenvalue weighted by molar-refractivity contribution is 0.499. The summed E-state index contributed by atoms with van der Waals surface area (Å²) in [6, 6.07) is 5.07. The Hall–Kier alpha value is -0.780. The third-order valence-electron chi connectivity index (χ3n) is 2.86. The average Bonchev–Trinajstić information content (AvgIpc) is 2.90. The summed E-state index contributed by atoms with van der Waals surface area (Å²) in [7, 11) is 0. The van der Waals surface area contributed by atoms with E-state index in [9.17, 15) is 4.39 Å². The van der Waals surface area contributed by atoms with Gasteiger partial charge in [-0.3, -0.25) is 4.98 Å². The molecule has 1 unspecified atom stereocenters. The van der Waals surface area contributed by atoms with E-state index in [1.165, 1.54) is 6.07 Å². The van der Waals surface area contributed by atoms with Gasteiger partial charge in [-0.2, -0.15) is 0 Å². The molecular formula is C14H16BrFN2S. The van der Waals surface area contributed by atoms with Gasteiger partial charge in [-0.1, -0.05) is 22.9 Å². The van der Waals surface area contributed by atoms with E-state index in [2.05, 4.69) is 33.2 Å². The summed E-state index contributed by atoms with van der Waals surface area (Å²) >= 11 is 5.01. The molecule has 2 aromatic rings. The molecule has 2 rings (SSSR count). The molecule has 19 heavy (non-hydrogen) atoms. The van der Waals surface area contributed by atoms with Crippen molar-refractivity contribution in [1.82, 2.24) is 10.3 Å². The highest BCUT2D eigenvalue weighted by Gasteiger charge is 2.16. The van der Waals surface area contributed by atoms with Crippen LogP contribution in [0.3, 0.4) is 0 Å². The molecule has 0 aliphatic heterocycles. The van der Waals surface area contributed by atoms with Gasteiger partial charge in [0.2, 0.25) is 0 Å². The maximum Gasteiger partial charge on any atom is 0.128 e. The minimum atomic E-state index is -0.165. The zero-order valence-electron chi connectivity index (χ0n) is 10.7.